The summed E-state index contributed by atoms with van der Waals surface area (Å²) >= 11 is 2.23. The number of primary amides is 1. The Morgan fingerprint density at radius 2 is 2.00 bits per heavy atom. The SMILES string of the molecule is NC(=O)[C@H](CO)NCCc1cc(OCc2ccc(F)cc2)ccc1I. The van der Waals surface area contributed by atoms with E-state index in [4.69, 9.17) is 15.6 Å². The molecule has 1 atom stereocenters. The lowest BCUT2D eigenvalue weighted by atomic mass is 10.1. The number of amides is 1. The van der Waals surface area contributed by atoms with Gasteiger partial charge in [-0.15, -0.1) is 0 Å². The minimum atomic E-state index is -0.740. The number of carbonyl (C=O) groups excluding carboxylic acids is 1. The number of aliphatic hydroxyl groups excluding tert-OH is 1. The van der Waals surface area contributed by atoms with Gasteiger partial charge in [0.1, 0.15) is 24.2 Å². The first-order valence-corrected chi connectivity index (χ1v) is 8.86. The summed E-state index contributed by atoms with van der Waals surface area (Å²) in [5, 5.41) is 12.0. The molecule has 25 heavy (non-hydrogen) atoms. The van der Waals surface area contributed by atoms with Crippen LogP contribution in [0.5, 0.6) is 5.75 Å². The third-order valence-corrected chi connectivity index (χ3v) is 4.70. The van der Waals surface area contributed by atoms with E-state index in [1.807, 2.05) is 18.2 Å². The van der Waals surface area contributed by atoms with E-state index >= 15 is 0 Å². The summed E-state index contributed by atoms with van der Waals surface area (Å²) in [4.78, 5) is 11.1. The van der Waals surface area contributed by atoms with Gasteiger partial charge in [-0.1, -0.05) is 12.1 Å². The Morgan fingerprint density at radius 1 is 1.28 bits per heavy atom. The molecule has 0 aliphatic heterocycles. The molecule has 0 heterocycles. The zero-order valence-electron chi connectivity index (χ0n) is 13.5. The maximum Gasteiger partial charge on any atom is 0.236 e. The molecule has 0 saturated heterocycles. The summed E-state index contributed by atoms with van der Waals surface area (Å²) in [6.45, 7) is 0.533. The molecule has 0 spiro atoms. The quantitative estimate of drug-likeness (QED) is 0.502. The van der Waals surface area contributed by atoms with Crippen LogP contribution in [0, 0.1) is 9.39 Å². The van der Waals surface area contributed by atoms with Crippen LogP contribution >= 0.6 is 22.6 Å². The number of nitrogens with two attached hydrogens (primary N) is 1. The van der Waals surface area contributed by atoms with Crippen molar-refractivity contribution in [3.8, 4) is 5.75 Å². The molecule has 0 radical (unpaired) electrons. The predicted molar refractivity (Wildman–Crippen MR) is 102 cm³/mol. The van der Waals surface area contributed by atoms with Gasteiger partial charge in [-0.25, -0.2) is 4.39 Å². The highest BCUT2D eigenvalue weighted by atomic mass is 127. The summed E-state index contributed by atoms with van der Waals surface area (Å²) < 4.78 is 19.7. The molecular formula is C18H20FIN2O3. The first kappa shape index (κ1) is 19.6. The molecule has 0 aromatic heterocycles. The highest BCUT2D eigenvalue weighted by Crippen LogP contribution is 2.21. The third-order valence-electron chi connectivity index (χ3n) is 3.65. The maximum atomic E-state index is 12.9. The van der Waals surface area contributed by atoms with E-state index in [9.17, 15) is 9.18 Å². The Bertz CT molecular complexity index is 710. The molecular weight excluding hydrogens is 438 g/mol. The van der Waals surface area contributed by atoms with Crippen LogP contribution in [0.3, 0.4) is 0 Å². The Balaban J connectivity index is 1.92. The van der Waals surface area contributed by atoms with Crippen LogP contribution in [-0.2, 0) is 17.8 Å². The molecule has 0 bridgehead atoms. The Kier molecular flexibility index (Phi) is 7.60. The number of halogens is 2. The van der Waals surface area contributed by atoms with Gasteiger partial charge in [0.05, 0.1) is 6.61 Å². The van der Waals surface area contributed by atoms with Gasteiger partial charge in [0.15, 0.2) is 0 Å². The third kappa shape index (κ3) is 6.26. The summed E-state index contributed by atoms with van der Waals surface area (Å²) in [6, 6.07) is 11.2. The van der Waals surface area contributed by atoms with E-state index in [-0.39, 0.29) is 12.4 Å². The lowest BCUT2D eigenvalue weighted by molar-refractivity contribution is -0.120. The zero-order chi connectivity index (χ0) is 18.2. The van der Waals surface area contributed by atoms with Gasteiger partial charge in [0.2, 0.25) is 5.91 Å². The van der Waals surface area contributed by atoms with E-state index in [0.29, 0.717) is 25.3 Å². The van der Waals surface area contributed by atoms with Gasteiger partial charge in [0, 0.05) is 10.1 Å². The molecule has 0 aliphatic rings. The Hall–Kier alpha value is -1.71. The maximum absolute atomic E-state index is 12.9. The second kappa shape index (κ2) is 9.69. The number of carbonyl (C=O) groups is 1. The summed E-state index contributed by atoms with van der Waals surface area (Å²) in [7, 11) is 0. The number of hydrogen-bond acceptors (Lipinski definition) is 4. The Labute approximate surface area is 159 Å². The molecule has 0 aliphatic carbocycles. The van der Waals surface area contributed by atoms with Gasteiger partial charge in [-0.2, -0.15) is 0 Å². The van der Waals surface area contributed by atoms with Crippen LogP contribution in [0.25, 0.3) is 0 Å². The molecule has 0 saturated carbocycles. The van der Waals surface area contributed by atoms with E-state index in [1.165, 1.54) is 12.1 Å². The lowest BCUT2D eigenvalue weighted by Crippen LogP contribution is -2.44. The number of nitrogens with one attached hydrogen (secondary N) is 1. The zero-order valence-corrected chi connectivity index (χ0v) is 15.7. The van der Waals surface area contributed by atoms with E-state index in [1.54, 1.807) is 12.1 Å². The molecule has 4 N–H and O–H groups in total. The van der Waals surface area contributed by atoms with Crippen molar-refractivity contribution >= 4 is 28.5 Å². The van der Waals surface area contributed by atoms with E-state index in [0.717, 1.165) is 14.7 Å². The average Bonchev–Trinajstić information content (AvgIpc) is 2.60. The minimum absolute atomic E-state index is 0.273. The van der Waals surface area contributed by atoms with Crippen LogP contribution in [0.1, 0.15) is 11.1 Å². The number of rotatable bonds is 9. The Morgan fingerprint density at radius 3 is 2.64 bits per heavy atom. The van der Waals surface area contributed by atoms with Crippen molar-refractivity contribution in [2.45, 2.75) is 19.1 Å². The van der Waals surface area contributed by atoms with Gasteiger partial charge < -0.3 is 20.9 Å². The normalized spacial score (nSPS) is 12.0. The molecule has 7 heteroatoms. The highest BCUT2D eigenvalue weighted by Gasteiger charge is 2.12. The molecule has 1 amide bonds. The minimum Gasteiger partial charge on any atom is -0.489 e. The number of aliphatic hydroxyl groups is 1. The van der Waals surface area contributed by atoms with Gasteiger partial charge in [-0.05, 0) is 70.5 Å². The van der Waals surface area contributed by atoms with Crippen molar-refractivity contribution in [2.75, 3.05) is 13.2 Å². The average molecular weight is 458 g/mol. The highest BCUT2D eigenvalue weighted by molar-refractivity contribution is 14.1. The largest absolute Gasteiger partial charge is 0.489 e. The van der Waals surface area contributed by atoms with Crippen LogP contribution in [0.4, 0.5) is 4.39 Å². The second-order valence-electron chi connectivity index (χ2n) is 5.51. The van der Waals surface area contributed by atoms with Crippen molar-refractivity contribution in [3.63, 3.8) is 0 Å². The van der Waals surface area contributed by atoms with Crippen molar-refractivity contribution in [1.82, 2.24) is 5.32 Å². The monoisotopic (exact) mass is 458 g/mol. The van der Waals surface area contributed by atoms with Crippen molar-refractivity contribution in [1.29, 1.82) is 0 Å². The summed E-state index contributed by atoms with van der Waals surface area (Å²) in [6.07, 6.45) is 0.663. The topological polar surface area (TPSA) is 84.6 Å². The second-order valence-corrected chi connectivity index (χ2v) is 6.67. The number of ether oxygens (including phenoxy) is 1. The summed E-state index contributed by atoms with van der Waals surface area (Å²) in [5.41, 5.74) is 7.12. The van der Waals surface area contributed by atoms with E-state index < -0.39 is 11.9 Å². The van der Waals surface area contributed by atoms with Gasteiger partial charge in [0.25, 0.3) is 0 Å². The van der Waals surface area contributed by atoms with Crippen LogP contribution in [0.2, 0.25) is 0 Å². The fourth-order valence-electron chi connectivity index (χ4n) is 2.22. The summed E-state index contributed by atoms with van der Waals surface area (Å²) in [5.74, 6) is -0.133. The molecule has 2 aromatic carbocycles. The first-order chi connectivity index (χ1) is 12.0. The molecule has 2 rings (SSSR count). The predicted octanol–water partition coefficient (Wildman–Crippen LogP) is 1.99. The van der Waals surface area contributed by atoms with Crippen molar-refractivity contribution < 1.29 is 19.0 Å². The fourth-order valence-corrected chi connectivity index (χ4v) is 2.82. The molecule has 134 valence electrons. The molecule has 2 aromatic rings. The smallest absolute Gasteiger partial charge is 0.236 e. The van der Waals surface area contributed by atoms with Crippen LogP contribution in [0.15, 0.2) is 42.5 Å². The first-order valence-electron chi connectivity index (χ1n) is 7.79. The number of hydrogen-bond donors (Lipinski definition) is 3. The van der Waals surface area contributed by atoms with Gasteiger partial charge in [-0.3, -0.25) is 4.79 Å². The molecule has 0 fully saturated rings. The van der Waals surface area contributed by atoms with Crippen molar-refractivity contribution in [2.24, 2.45) is 5.73 Å². The standard InChI is InChI=1S/C18H20FIN2O3/c19-14-3-1-12(2-4-14)11-25-15-5-6-16(20)13(9-15)7-8-22-17(10-23)18(21)24/h1-6,9,17,22-23H,7-8,10-11H2,(H2,21,24)/t17-/m0/s1. The fraction of sp³-hybridized carbons (Fsp3) is 0.278. The molecule has 5 nitrogen and oxygen atoms in total. The number of benzene rings is 2. The van der Waals surface area contributed by atoms with E-state index in [2.05, 4.69) is 27.9 Å². The van der Waals surface area contributed by atoms with Gasteiger partial charge >= 0.3 is 0 Å². The van der Waals surface area contributed by atoms with Crippen LogP contribution in [-0.4, -0.2) is 30.2 Å². The van der Waals surface area contributed by atoms with Crippen LogP contribution < -0.4 is 15.8 Å². The lowest BCUT2D eigenvalue weighted by Gasteiger charge is -2.14. The van der Waals surface area contributed by atoms with Crippen molar-refractivity contribution in [3.05, 3.63) is 63.0 Å². The molecule has 0 unspecified atom stereocenters.